The highest BCUT2D eigenvalue weighted by Crippen LogP contribution is 2.20. The van der Waals surface area contributed by atoms with Crippen LogP contribution in [-0.2, 0) is 0 Å². The maximum atomic E-state index is 12.6. The van der Waals surface area contributed by atoms with E-state index < -0.39 is 0 Å². The van der Waals surface area contributed by atoms with Crippen molar-refractivity contribution in [3.63, 3.8) is 0 Å². The number of nitrogens with zero attached hydrogens (tertiary/aromatic N) is 3. The molecule has 0 unspecified atom stereocenters. The molecule has 3 rings (SSSR count). The fraction of sp³-hybridized carbons (Fsp3) is 0.400. The number of aromatic nitrogens is 1. The Kier molecular flexibility index (Phi) is 5.34. The molecule has 0 aliphatic carbocycles. The molecule has 1 amide bonds. The standard InChI is InChI=1S/C20H26N4O/c1-4-23-9-11-24(12-10-23)17-7-8-21-19(14-17)20(25)22-18-13-15(2)5-6-16(18)3/h5-8,13-14H,4,9-12H2,1-3H3,(H,22,25). The number of carbonyl (C=O) groups is 1. The normalized spacial score (nSPS) is 15.2. The fourth-order valence-electron chi connectivity index (χ4n) is 3.12. The van der Waals surface area contributed by atoms with Gasteiger partial charge in [-0.05, 0) is 49.7 Å². The van der Waals surface area contributed by atoms with Crippen molar-refractivity contribution in [2.75, 3.05) is 42.9 Å². The third-order valence-corrected chi connectivity index (χ3v) is 4.80. The topological polar surface area (TPSA) is 48.5 Å². The second kappa shape index (κ2) is 7.66. The highest BCUT2D eigenvalue weighted by atomic mass is 16.1. The zero-order valence-electron chi connectivity index (χ0n) is 15.2. The van der Waals surface area contributed by atoms with Gasteiger partial charge in [-0.1, -0.05) is 19.1 Å². The highest BCUT2D eigenvalue weighted by Gasteiger charge is 2.17. The zero-order chi connectivity index (χ0) is 17.8. The Morgan fingerprint density at radius 2 is 1.88 bits per heavy atom. The molecule has 5 nitrogen and oxygen atoms in total. The summed E-state index contributed by atoms with van der Waals surface area (Å²) in [4.78, 5) is 21.6. The molecule has 0 radical (unpaired) electrons. The van der Waals surface area contributed by atoms with Crippen molar-refractivity contribution in [1.29, 1.82) is 0 Å². The van der Waals surface area contributed by atoms with E-state index in [-0.39, 0.29) is 5.91 Å². The first-order valence-corrected chi connectivity index (χ1v) is 8.89. The van der Waals surface area contributed by atoms with Crippen LogP contribution in [0.15, 0.2) is 36.5 Å². The summed E-state index contributed by atoms with van der Waals surface area (Å²) in [7, 11) is 0. The summed E-state index contributed by atoms with van der Waals surface area (Å²) in [6.45, 7) is 11.4. The van der Waals surface area contributed by atoms with E-state index in [1.54, 1.807) is 6.20 Å². The van der Waals surface area contributed by atoms with Crippen molar-refractivity contribution in [1.82, 2.24) is 9.88 Å². The monoisotopic (exact) mass is 338 g/mol. The van der Waals surface area contributed by atoms with Crippen molar-refractivity contribution >= 4 is 17.3 Å². The van der Waals surface area contributed by atoms with Crippen LogP contribution in [0, 0.1) is 13.8 Å². The molecule has 0 spiro atoms. The minimum atomic E-state index is -0.164. The summed E-state index contributed by atoms with van der Waals surface area (Å²) in [5.41, 5.74) is 4.53. The predicted molar refractivity (Wildman–Crippen MR) is 102 cm³/mol. The predicted octanol–water partition coefficient (Wildman–Crippen LogP) is 3.09. The van der Waals surface area contributed by atoms with Gasteiger partial charge in [-0.25, -0.2) is 0 Å². The second-order valence-corrected chi connectivity index (χ2v) is 6.59. The Morgan fingerprint density at radius 3 is 2.60 bits per heavy atom. The molecule has 25 heavy (non-hydrogen) atoms. The smallest absolute Gasteiger partial charge is 0.274 e. The molecule has 1 aromatic carbocycles. The number of nitrogens with one attached hydrogen (secondary N) is 1. The third kappa shape index (κ3) is 4.17. The highest BCUT2D eigenvalue weighted by molar-refractivity contribution is 6.03. The maximum absolute atomic E-state index is 12.6. The summed E-state index contributed by atoms with van der Waals surface area (Å²) < 4.78 is 0. The summed E-state index contributed by atoms with van der Waals surface area (Å²) in [5.74, 6) is -0.164. The molecular formula is C20H26N4O. The van der Waals surface area contributed by atoms with Crippen molar-refractivity contribution in [2.24, 2.45) is 0 Å². The average molecular weight is 338 g/mol. The summed E-state index contributed by atoms with van der Waals surface area (Å²) in [6.07, 6.45) is 1.72. The average Bonchev–Trinajstić information content (AvgIpc) is 2.65. The first kappa shape index (κ1) is 17.4. The Morgan fingerprint density at radius 1 is 1.12 bits per heavy atom. The Labute approximate surface area is 149 Å². The number of hydrogen-bond acceptors (Lipinski definition) is 4. The molecule has 1 aliphatic rings. The second-order valence-electron chi connectivity index (χ2n) is 6.59. The number of amides is 1. The van der Waals surface area contributed by atoms with Crippen LogP contribution in [-0.4, -0.2) is 48.5 Å². The number of carbonyl (C=O) groups excluding carboxylic acids is 1. The van der Waals surface area contributed by atoms with Gasteiger partial charge in [-0.2, -0.15) is 0 Å². The molecule has 5 heteroatoms. The minimum absolute atomic E-state index is 0.164. The summed E-state index contributed by atoms with van der Waals surface area (Å²) in [6, 6.07) is 9.92. The van der Waals surface area contributed by atoms with Crippen LogP contribution in [0.2, 0.25) is 0 Å². The van der Waals surface area contributed by atoms with Gasteiger partial charge in [0.15, 0.2) is 0 Å². The molecule has 2 heterocycles. The van der Waals surface area contributed by atoms with E-state index in [0.717, 1.165) is 55.2 Å². The van der Waals surface area contributed by atoms with Gasteiger partial charge in [0, 0.05) is 43.8 Å². The SMILES string of the molecule is CCN1CCN(c2ccnc(C(=O)Nc3cc(C)ccc3C)c2)CC1. The van der Waals surface area contributed by atoms with Gasteiger partial charge in [-0.15, -0.1) is 0 Å². The van der Waals surface area contributed by atoms with Crippen LogP contribution in [0.3, 0.4) is 0 Å². The summed E-state index contributed by atoms with van der Waals surface area (Å²) in [5, 5.41) is 2.99. The lowest BCUT2D eigenvalue weighted by molar-refractivity contribution is 0.102. The Hall–Kier alpha value is -2.40. The lowest BCUT2D eigenvalue weighted by Gasteiger charge is -2.35. The van der Waals surface area contributed by atoms with E-state index in [2.05, 4.69) is 27.0 Å². The zero-order valence-corrected chi connectivity index (χ0v) is 15.2. The molecule has 0 saturated carbocycles. The number of hydrogen-bond donors (Lipinski definition) is 1. The Balaban J connectivity index is 1.72. The van der Waals surface area contributed by atoms with Gasteiger partial charge < -0.3 is 15.1 Å². The molecule has 0 bridgehead atoms. The van der Waals surface area contributed by atoms with Gasteiger partial charge in [0.05, 0.1) is 0 Å². The summed E-state index contributed by atoms with van der Waals surface area (Å²) >= 11 is 0. The minimum Gasteiger partial charge on any atom is -0.369 e. The van der Waals surface area contributed by atoms with E-state index in [1.165, 1.54) is 0 Å². The fourth-order valence-corrected chi connectivity index (χ4v) is 3.12. The first-order chi connectivity index (χ1) is 12.1. The number of aryl methyl sites for hydroxylation is 2. The number of rotatable bonds is 4. The number of piperazine rings is 1. The molecule has 1 fully saturated rings. The van der Waals surface area contributed by atoms with Crippen molar-refractivity contribution < 1.29 is 4.79 Å². The van der Waals surface area contributed by atoms with Crippen LogP contribution in [0.25, 0.3) is 0 Å². The van der Waals surface area contributed by atoms with Crippen molar-refractivity contribution in [3.05, 3.63) is 53.3 Å². The molecule has 1 N–H and O–H groups in total. The van der Waals surface area contributed by atoms with Gasteiger partial charge in [0.1, 0.15) is 5.69 Å². The van der Waals surface area contributed by atoms with Crippen molar-refractivity contribution in [2.45, 2.75) is 20.8 Å². The van der Waals surface area contributed by atoms with Gasteiger partial charge >= 0.3 is 0 Å². The van der Waals surface area contributed by atoms with Crippen molar-refractivity contribution in [3.8, 4) is 0 Å². The molecule has 1 saturated heterocycles. The van der Waals surface area contributed by atoms with Gasteiger partial charge in [0.25, 0.3) is 5.91 Å². The Bertz CT molecular complexity index is 751. The molecule has 0 atom stereocenters. The molecule has 2 aromatic rings. The van der Waals surface area contributed by atoms with E-state index >= 15 is 0 Å². The lowest BCUT2D eigenvalue weighted by atomic mass is 10.1. The lowest BCUT2D eigenvalue weighted by Crippen LogP contribution is -2.46. The van der Waals surface area contributed by atoms with Crippen LogP contribution < -0.4 is 10.2 Å². The number of likely N-dealkylation sites (N-methyl/N-ethyl adjacent to an activating group) is 1. The maximum Gasteiger partial charge on any atom is 0.274 e. The van der Waals surface area contributed by atoms with Crippen LogP contribution >= 0.6 is 0 Å². The molecule has 1 aromatic heterocycles. The molecule has 132 valence electrons. The van der Waals surface area contributed by atoms with Crippen LogP contribution in [0.1, 0.15) is 28.5 Å². The largest absolute Gasteiger partial charge is 0.369 e. The first-order valence-electron chi connectivity index (χ1n) is 8.89. The van der Waals surface area contributed by atoms with Gasteiger partial charge in [-0.3, -0.25) is 9.78 Å². The van der Waals surface area contributed by atoms with E-state index in [0.29, 0.717) is 5.69 Å². The van der Waals surface area contributed by atoms with Crippen LogP contribution in [0.5, 0.6) is 0 Å². The molecule has 1 aliphatic heterocycles. The number of pyridine rings is 1. The third-order valence-electron chi connectivity index (χ3n) is 4.80. The quantitative estimate of drug-likeness (QED) is 0.931. The number of benzene rings is 1. The van der Waals surface area contributed by atoms with E-state index in [1.807, 2.05) is 44.2 Å². The van der Waals surface area contributed by atoms with E-state index in [4.69, 9.17) is 0 Å². The van der Waals surface area contributed by atoms with Crippen LogP contribution in [0.4, 0.5) is 11.4 Å². The number of anilines is 2. The molecular weight excluding hydrogens is 312 g/mol. The van der Waals surface area contributed by atoms with E-state index in [9.17, 15) is 4.79 Å². The van der Waals surface area contributed by atoms with Gasteiger partial charge in [0.2, 0.25) is 0 Å².